The lowest BCUT2D eigenvalue weighted by atomic mass is 10.2. The Kier molecular flexibility index (Phi) is 5.24. The second kappa shape index (κ2) is 6.95. The van der Waals surface area contributed by atoms with E-state index in [0.29, 0.717) is 5.92 Å². The van der Waals surface area contributed by atoms with Crippen LogP contribution in [-0.2, 0) is 0 Å². The Labute approximate surface area is 130 Å². The highest BCUT2D eigenvalue weighted by atomic mass is 28.3. The molecule has 0 spiro atoms. The predicted molar refractivity (Wildman–Crippen MR) is 97.2 cm³/mol. The Bertz CT molecular complexity index is 563. The minimum atomic E-state index is -1.33. The van der Waals surface area contributed by atoms with E-state index in [0.717, 1.165) is 6.54 Å². The zero-order chi connectivity index (χ0) is 15.3. The van der Waals surface area contributed by atoms with Crippen LogP contribution < -0.4 is 10.5 Å². The summed E-state index contributed by atoms with van der Waals surface area (Å²) in [5.41, 5.74) is 2.55. The second-order valence-corrected chi connectivity index (χ2v) is 11.6. The van der Waals surface area contributed by atoms with Crippen molar-refractivity contribution in [2.45, 2.75) is 33.0 Å². The van der Waals surface area contributed by atoms with E-state index in [4.69, 9.17) is 0 Å². The Morgan fingerprint density at radius 1 is 1.00 bits per heavy atom. The summed E-state index contributed by atoms with van der Waals surface area (Å²) in [6.07, 6.45) is 0. The molecule has 0 aliphatic rings. The quantitative estimate of drug-likeness (QED) is 0.765. The third kappa shape index (κ3) is 4.75. The largest absolute Gasteiger partial charge is 0.385 e. The van der Waals surface area contributed by atoms with Gasteiger partial charge in [0.15, 0.2) is 0 Å². The van der Waals surface area contributed by atoms with Crippen LogP contribution in [0, 0.1) is 12.8 Å². The summed E-state index contributed by atoms with van der Waals surface area (Å²) in [5.74, 6) is 0.687. The first kappa shape index (κ1) is 15.8. The first-order chi connectivity index (χ1) is 9.97. The Morgan fingerprint density at radius 3 is 2.38 bits per heavy atom. The predicted octanol–water partition coefficient (Wildman–Crippen LogP) is 4.66. The lowest BCUT2D eigenvalue weighted by Gasteiger charge is -2.27. The van der Waals surface area contributed by atoms with Gasteiger partial charge in [-0.1, -0.05) is 67.7 Å². The molecule has 1 nitrogen and oxygen atoms in total. The Balaban J connectivity index is 1.91. The van der Waals surface area contributed by atoms with Gasteiger partial charge in [-0.05, 0) is 36.6 Å². The summed E-state index contributed by atoms with van der Waals surface area (Å²) < 4.78 is 0. The number of anilines is 1. The monoisotopic (exact) mass is 297 g/mol. The number of aryl methyl sites for hydroxylation is 1. The van der Waals surface area contributed by atoms with E-state index in [1.165, 1.54) is 17.3 Å². The third-order valence-corrected chi connectivity index (χ3v) is 7.70. The molecule has 0 fully saturated rings. The number of hydrogen-bond acceptors (Lipinski definition) is 1. The number of nitrogens with one attached hydrogen (secondary N) is 1. The van der Waals surface area contributed by atoms with Crippen LogP contribution >= 0.6 is 0 Å². The minimum Gasteiger partial charge on any atom is -0.385 e. The molecule has 2 rings (SSSR count). The fourth-order valence-electron chi connectivity index (χ4n) is 3.00. The van der Waals surface area contributed by atoms with Gasteiger partial charge in [-0.3, -0.25) is 0 Å². The van der Waals surface area contributed by atoms with Gasteiger partial charge in [0.25, 0.3) is 0 Å². The van der Waals surface area contributed by atoms with Crippen LogP contribution in [0.25, 0.3) is 0 Å². The molecule has 0 saturated heterocycles. The molecule has 2 aromatic rings. The van der Waals surface area contributed by atoms with E-state index in [1.807, 2.05) is 0 Å². The maximum absolute atomic E-state index is 3.58. The van der Waals surface area contributed by atoms with Crippen LogP contribution in [0.4, 0.5) is 5.69 Å². The molecule has 0 radical (unpaired) electrons. The molecule has 112 valence electrons. The van der Waals surface area contributed by atoms with Crippen molar-refractivity contribution >= 4 is 18.9 Å². The lowest BCUT2D eigenvalue weighted by molar-refractivity contribution is 0.677. The molecule has 0 amide bonds. The summed E-state index contributed by atoms with van der Waals surface area (Å²) in [7, 11) is -1.33. The fourth-order valence-corrected chi connectivity index (χ4v) is 6.21. The smallest absolute Gasteiger partial charge is 0.0809 e. The van der Waals surface area contributed by atoms with Gasteiger partial charge < -0.3 is 5.32 Å². The van der Waals surface area contributed by atoms with Crippen molar-refractivity contribution in [2.75, 3.05) is 11.9 Å². The van der Waals surface area contributed by atoms with Crippen LogP contribution in [0.5, 0.6) is 0 Å². The van der Waals surface area contributed by atoms with Crippen molar-refractivity contribution in [3.05, 3.63) is 60.2 Å². The highest BCUT2D eigenvalue weighted by molar-refractivity contribution is 6.89. The third-order valence-electron chi connectivity index (χ3n) is 4.09. The highest BCUT2D eigenvalue weighted by Gasteiger charge is 2.25. The molecular weight excluding hydrogens is 270 g/mol. The first-order valence-corrected chi connectivity index (χ1v) is 11.0. The molecule has 0 saturated carbocycles. The molecule has 0 aliphatic heterocycles. The molecular formula is C19H27NSi. The summed E-state index contributed by atoms with van der Waals surface area (Å²) >= 11 is 0. The highest BCUT2D eigenvalue weighted by Crippen LogP contribution is 2.18. The number of hydrogen-bond donors (Lipinski definition) is 1. The van der Waals surface area contributed by atoms with E-state index < -0.39 is 8.07 Å². The topological polar surface area (TPSA) is 12.0 Å². The fraction of sp³-hybridized carbons (Fsp3) is 0.368. The average Bonchev–Trinajstić information content (AvgIpc) is 2.46. The molecule has 21 heavy (non-hydrogen) atoms. The van der Waals surface area contributed by atoms with E-state index in [9.17, 15) is 0 Å². The summed E-state index contributed by atoms with van der Waals surface area (Å²) in [6, 6.07) is 21.0. The van der Waals surface area contributed by atoms with Crippen molar-refractivity contribution in [3.8, 4) is 0 Å². The molecule has 2 aromatic carbocycles. The zero-order valence-electron chi connectivity index (χ0n) is 13.7. The van der Waals surface area contributed by atoms with Gasteiger partial charge >= 0.3 is 0 Å². The van der Waals surface area contributed by atoms with Gasteiger partial charge in [-0.25, -0.2) is 0 Å². The standard InChI is InChI=1S/C19H27NSi/c1-16-9-8-10-18(13-16)20-14-17(2)15-21(3,4)19-11-6-5-7-12-19/h5-13,17,20H,14-15H2,1-4H3. The van der Waals surface area contributed by atoms with Crippen molar-refractivity contribution < 1.29 is 0 Å². The van der Waals surface area contributed by atoms with E-state index >= 15 is 0 Å². The first-order valence-electron chi connectivity index (χ1n) is 7.83. The van der Waals surface area contributed by atoms with E-state index in [2.05, 4.69) is 86.9 Å². The lowest BCUT2D eigenvalue weighted by Crippen LogP contribution is -2.43. The van der Waals surface area contributed by atoms with Crippen LogP contribution in [-0.4, -0.2) is 14.6 Å². The molecule has 0 bridgehead atoms. The molecule has 0 aliphatic carbocycles. The Morgan fingerprint density at radius 2 is 1.71 bits per heavy atom. The van der Waals surface area contributed by atoms with Gasteiger partial charge in [0.1, 0.15) is 0 Å². The molecule has 1 atom stereocenters. The maximum atomic E-state index is 3.58. The van der Waals surface area contributed by atoms with Gasteiger partial charge in [0.2, 0.25) is 0 Å². The zero-order valence-corrected chi connectivity index (χ0v) is 14.7. The average molecular weight is 298 g/mol. The van der Waals surface area contributed by atoms with Crippen molar-refractivity contribution in [1.29, 1.82) is 0 Å². The number of benzene rings is 2. The van der Waals surface area contributed by atoms with Crippen LogP contribution in [0.2, 0.25) is 19.1 Å². The van der Waals surface area contributed by atoms with Gasteiger partial charge in [0.05, 0.1) is 8.07 Å². The van der Waals surface area contributed by atoms with E-state index in [-0.39, 0.29) is 0 Å². The number of rotatable bonds is 6. The molecule has 1 unspecified atom stereocenters. The summed E-state index contributed by atoms with van der Waals surface area (Å²) in [4.78, 5) is 0. The van der Waals surface area contributed by atoms with Gasteiger partial charge in [0, 0.05) is 12.2 Å². The normalized spacial score (nSPS) is 13.0. The molecule has 0 aromatic heterocycles. The maximum Gasteiger partial charge on any atom is 0.0809 e. The Hall–Kier alpha value is -1.54. The SMILES string of the molecule is Cc1cccc(NCC(C)C[Si](C)(C)c2ccccc2)c1. The molecule has 1 N–H and O–H groups in total. The van der Waals surface area contributed by atoms with Crippen LogP contribution in [0.1, 0.15) is 12.5 Å². The van der Waals surface area contributed by atoms with Crippen molar-refractivity contribution in [2.24, 2.45) is 5.92 Å². The van der Waals surface area contributed by atoms with Crippen LogP contribution in [0.15, 0.2) is 54.6 Å². The minimum absolute atomic E-state index is 0.687. The van der Waals surface area contributed by atoms with Gasteiger partial charge in [-0.15, -0.1) is 0 Å². The molecule has 2 heteroatoms. The van der Waals surface area contributed by atoms with Crippen molar-refractivity contribution in [1.82, 2.24) is 0 Å². The summed E-state index contributed by atoms with van der Waals surface area (Å²) in [6.45, 7) is 10.5. The van der Waals surface area contributed by atoms with E-state index in [1.54, 1.807) is 5.19 Å². The van der Waals surface area contributed by atoms with Crippen molar-refractivity contribution in [3.63, 3.8) is 0 Å². The second-order valence-electron chi connectivity index (χ2n) is 6.81. The van der Waals surface area contributed by atoms with Crippen LogP contribution in [0.3, 0.4) is 0 Å². The van der Waals surface area contributed by atoms with Gasteiger partial charge in [-0.2, -0.15) is 0 Å². The summed E-state index contributed by atoms with van der Waals surface area (Å²) in [5, 5.41) is 5.14. The molecule has 0 heterocycles.